The fourth-order valence-electron chi connectivity index (χ4n) is 2.38. The fourth-order valence-corrected chi connectivity index (χ4v) is 2.38. The second-order valence-electron chi connectivity index (χ2n) is 5.01. The number of nitrogens with one attached hydrogen (secondary N) is 1. The van der Waals surface area contributed by atoms with Crippen molar-refractivity contribution in [1.29, 1.82) is 0 Å². The van der Waals surface area contributed by atoms with Gasteiger partial charge in [0, 0.05) is 26.1 Å². The Morgan fingerprint density at radius 1 is 1.44 bits per heavy atom. The van der Waals surface area contributed by atoms with Crippen molar-refractivity contribution >= 4 is 11.8 Å². The highest BCUT2D eigenvalue weighted by atomic mass is 16.2. The molecular weight excluding hydrogens is 230 g/mol. The van der Waals surface area contributed by atoms with Gasteiger partial charge in [0.1, 0.15) is 0 Å². The molecule has 3 N–H and O–H groups in total. The SMILES string of the molecule is CCN1CC(C(=O)NC(CC)(CC)CN)CC1=O. The largest absolute Gasteiger partial charge is 0.349 e. The lowest BCUT2D eigenvalue weighted by molar-refractivity contribution is -0.129. The standard InChI is InChI=1S/C13H25N3O2/c1-4-13(5-2,9-14)15-12(18)10-7-11(17)16(6-3)8-10/h10H,4-9,14H2,1-3H3,(H,15,18). The summed E-state index contributed by atoms with van der Waals surface area (Å²) in [4.78, 5) is 25.5. The van der Waals surface area contributed by atoms with Gasteiger partial charge in [-0.05, 0) is 19.8 Å². The summed E-state index contributed by atoms with van der Waals surface area (Å²) < 4.78 is 0. The Bertz CT molecular complexity index is 305. The number of amides is 2. The monoisotopic (exact) mass is 255 g/mol. The number of hydrogen-bond donors (Lipinski definition) is 2. The summed E-state index contributed by atoms with van der Waals surface area (Å²) in [5.41, 5.74) is 5.44. The Morgan fingerprint density at radius 2 is 2.06 bits per heavy atom. The lowest BCUT2D eigenvalue weighted by atomic mass is 9.91. The van der Waals surface area contributed by atoms with Gasteiger partial charge < -0.3 is 16.0 Å². The van der Waals surface area contributed by atoms with Crippen LogP contribution in [0.15, 0.2) is 0 Å². The van der Waals surface area contributed by atoms with E-state index in [1.165, 1.54) is 0 Å². The molecule has 18 heavy (non-hydrogen) atoms. The van der Waals surface area contributed by atoms with Crippen LogP contribution in [0, 0.1) is 5.92 Å². The van der Waals surface area contributed by atoms with Crippen molar-refractivity contribution in [3.8, 4) is 0 Å². The molecule has 0 aliphatic carbocycles. The third kappa shape index (κ3) is 3.02. The molecule has 1 heterocycles. The molecule has 1 saturated heterocycles. The minimum absolute atomic E-state index is 0.0338. The van der Waals surface area contributed by atoms with E-state index in [0.29, 0.717) is 26.1 Å². The molecular formula is C13H25N3O2. The van der Waals surface area contributed by atoms with E-state index in [-0.39, 0.29) is 23.3 Å². The highest BCUT2D eigenvalue weighted by Gasteiger charge is 2.36. The predicted molar refractivity (Wildman–Crippen MR) is 70.9 cm³/mol. The van der Waals surface area contributed by atoms with Gasteiger partial charge in [-0.3, -0.25) is 9.59 Å². The summed E-state index contributed by atoms with van der Waals surface area (Å²) in [6.07, 6.45) is 1.95. The molecule has 5 heteroatoms. The molecule has 104 valence electrons. The van der Waals surface area contributed by atoms with Gasteiger partial charge in [0.05, 0.1) is 11.5 Å². The molecule has 0 saturated carbocycles. The van der Waals surface area contributed by atoms with Crippen LogP contribution in [0.25, 0.3) is 0 Å². The molecule has 1 aliphatic rings. The van der Waals surface area contributed by atoms with Gasteiger partial charge in [0.15, 0.2) is 0 Å². The topological polar surface area (TPSA) is 75.4 Å². The number of nitrogens with zero attached hydrogens (tertiary/aromatic N) is 1. The van der Waals surface area contributed by atoms with Crippen LogP contribution in [0.3, 0.4) is 0 Å². The molecule has 2 amide bonds. The summed E-state index contributed by atoms with van der Waals surface area (Å²) in [7, 11) is 0. The summed E-state index contributed by atoms with van der Waals surface area (Å²) in [6, 6.07) is 0. The third-order valence-corrected chi connectivity index (χ3v) is 4.10. The van der Waals surface area contributed by atoms with Crippen LogP contribution in [0.5, 0.6) is 0 Å². The Hall–Kier alpha value is -1.10. The van der Waals surface area contributed by atoms with Gasteiger partial charge in [-0.1, -0.05) is 13.8 Å². The van der Waals surface area contributed by atoms with Crippen LogP contribution in [-0.4, -0.2) is 41.9 Å². The second-order valence-corrected chi connectivity index (χ2v) is 5.01. The number of hydrogen-bond acceptors (Lipinski definition) is 3. The minimum atomic E-state index is -0.320. The molecule has 1 fully saturated rings. The van der Waals surface area contributed by atoms with Gasteiger partial charge in [0.2, 0.25) is 11.8 Å². The van der Waals surface area contributed by atoms with Crippen molar-refractivity contribution < 1.29 is 9.59 Å². The van der Waals surface area contributed by atoms with Crippen molar-refractivity contribution in [2.45, 2.75) is 45.6 Å². The van der Waals surface area contributed by atoms with Crippen molar-refractivity contribution in [2.75, 3.05) is 19.6 Å². The van der Waals surface area contributed by atoms with E-state index in [9.17, 15) is 9.59 Å². The second kappa shape index (κ2) is 6.18. The fraction of sp³-hybridized carbons (Fsp3) is 0.846. The van der Waals surface area contributed by atoms with E-state index in [2.05, 4.69) is 5.32 Å². The van der Waals surface area contributed by atoms with Gasteiger partial charge in [-0.2, -0.15) is 0 Å². The molecule has 1 aliphatic heterocycles. The molecule has 0 aromatic heterocycles. The van der Waals surface area contributed by atoms with E-state index < -0.39 is 0 Å². The molecule has 0 spiro atoms. The van der Waals surface area contributed by atoms with Gasteiger partial charge in [0.25, 0.3) is 0 Å². The first kappa shape index (κ1) is 15.0. The van der Waals surface area contributed by atoms with E-state index >= 15 is 0 Å². The summed E-state index contributed by atoms with van der Waals surface area (Å²) >= 11 is 0. The Balaban J connectivity index is 2.64. The summed E-state index contributed by atoms with van der Waals surface area (Å²) in [6.45, 7) is 7.62. The average Bonchev–Trinajstić information content (AvgIpc) is 2.77. The summed E-state index contributed by atoms with van der Waals surface area (Å²) in [5, 5.41) is 3.04. The Kier molecular flexibility index (Phi) is 5.14. The third-order valence-electron chi connectivity index (χ3n) is 4.10. The quantitative estimate of drug-likeness (QED) is 0.725. The Morgan fingerprint density at radius 3 is 2.44 bits per heavy atom. The van der Waals surface area contributed by atoms with Crippen molar-refractivity contribution in [1.82, 2.24) is 10.2 Å². The van der Waals surface area contributed by atoms with Crippen molar-refractivity contribution in [3.05, 3.63) is 0 Å². The first-order valence-electron chi connectivity index (χ1n) is 6.81. The maximum absolute atomic E-state index is 12.2. The van der Waals surface area contributed by atoms with Gasteiger partial charge >= 0.3 is 0 Å². The van der Waals surface area contributed by atoms with E-state index in [4.69, 9.17) is 5.73 Å². The number of carbonyl (C=O) groups excluding carboxylic acids is 2. The van der Waals surface area contributed by atoms with Crippen LogP contribution in [0.1, 0.15) is 40.0 Å². The zero-order valence-corrected chi connectivity index (χ0v) is 11.7. The smallest absolute Gasteiger partial charge is 0.225 e. The molecule has 0 aromatic carbocycles. The zero-order chi connectivity index (χ0) is 13.8. The molecule has 0 bridgehead atoms. The van der Waals surface area contributed by atoms with Crippen molar-refractivity contribution in [2.24, 2.45) is 11.7 Å². The normalized spacial score (nSPS) is 20.3. The maximum atomic E-state index is 12.2. The van der Waals surface area contributed by atoms with Crippen LogP contribution >= 0.6 is 0 Å². The number of rotatable bonds is 6. The number of likely N-dealkylation sites (tertiary alicyclic amines) is 1. The van der Waals surface area contributed by atoms with E-state index in [1.807, 2.05) is 20.8 Å². The van der Waals surface area contributed by atoms with Crippen LogP contribution in [0.2, 0.25) is 0 Å². The van der Waals surface area contributed by atoms with Crippen molar-refractivity contribution in [3.63, 3.8) is 0 Å². The highest BCUT2D eigenvalue weighted by molar-refractivity contribution is 5.89. The summed E-state index contributed by atoms with van der Waals surface area (Å²) in [5.74, 6) is -0.182. The molecule has 1 atom stereocenters. The predicted octanol–water partition coefficient (Wildman–Crippen LogP) is 0.489. The molecule has 1 rings (SSSR count). The molecule has 0 aromatic rings. The highest BCUT2D eigenvalue weighted by Crippen LogP contribution is 2.20. The molecule has 0 radical (unpaired) electrons. The van der Waals surface area contributed by atoms with E-state index in [0.717, 1.165) is 12.8 Å². The van der Waals surface area contributed by atoms with Gasteiger partial charge in [-0.15, -0.1) is 0 Å². The Labute approximate surface area is 109 Å². The maximum Gasteiger partial charge on any atom is 0.225 e. The molecule has 5 nitrogen and oxygen atoms in total. The van der Waals surface area contributed by atoms with Crippen LogP contribution in [-0.2, 0) is 9.59 Å². The number of nitrogens with two attached hydrogens (primary N) is 1. The molecule has 1 unspecified atom stereocenters. The zero-order valence-electron chi connectivity index (χ0n) is 11.7. The average molecular weight is 255 g/mol. The first-order valence-corrected chi connectivity index (χ1v) is 6.81. The lowest BCUT2D eigenvalue weighted by Gasteiger charge is -2.32. The first-order chi connectivity index (χ1) is 8.51. The van der Waals surface area contributed by atoms with Crippen LogP contribution < -0.4 is 11.1 Å². The van der Waals surface area contributed by atoms with Gasteiger partial charge in [-0.25, -0.2) is 0 Å². The minimum Gasteiger partial charge on any atom is -0.349 e. The van der Waals surface area contributed by atoms with E-state index in [1.54, 1.807) is 4.90 Å². The number of carbonyl (C=O) groups is 2. The van der Waals surface area contributed by atoms with Crippen LogP contribution in [0.4, 0.5) is 0 Å². The lowest BCUT2D eigenvalue weighted by Crippen LogP contribution is -2.54.